The first kappa shape index (κ1) is 13.2. The average Bonchev–Trinajstić information content (AvgIpc) is 2.73. The van der Waals surface area contributed by atoms with E-state index in [1.165, 1.54) is 0 Å². The van der Waals surface area contributed by atoms with E-state index in [4.69, 9.17) is 4.42 Å². The largest absolute Gasteiger partial charge is 0.437 e. The van der Waals surface area contributed by atoms with Gasteiger partial charge in [0.15, 0.2) is 0 Å². The van der Waals surface area contributed by atoms with E-state index in [1.54, 1.807) is 11.2 Å². The molecule has 98 valence electrons. The van der Waals surface area contributed by atoms with E-state index < -0.39 is 0 Å². The quantitative estimate of drug-likeness (QED) is 0.621. The van der Waals surface area contributed by atoms with Crippen LogP contribution < -0.4 is 0 Å². The van der Waals surface area contributed by atoms with Gasteiger partial charge in [0.1, 0.15) is 17.2 Å². The number of fused-ring (bicyclic) bond motifs is 1. The van der Waals surface area contributed by atoms with Gasteiger partial charge >= 0.3 is 0 Å². The van der Waals surface area contributed by atoms with Crippen molar-refractivity contribution in [1.29, 1.82) is 5.26 Å². The van der Waals surface area contributed by atoms with E-state index in [1.807, 2.05) is 32.3 Å². The fourth-order valence-electron chi connectivity index (χ4n) is 2.01. The summed E-state index contributed by atoms with van der Waals surface area (Å²) in [6.07, 6.45) is 1.63. The van der Waals surface area contributed by atoms with Gasteiger partial charge in [-0.15, -0.1) is 0 Å². The summed E-state index contributed by atoms with van der Waals surface area (Å²) >= 11 is 0. The van der Waals surface area contributed by atoms with Gasteiger partial charge in [0.25, 0.3) is 0 Å². The Kier molecular flexibility index (Phi) is 3.57. The summed E-state index contributed by atoms with van der Waals surface area (Å²) in [5.74, 6) is 0.707. The molecular formula is C15H17N3O. The van der Waals surface area contributed by atoms with E-state index in [0.717, 1.165) is 10.9 Å². The van der Waals surface area contributed by atoms with Crippen LogP contribution in [0.3, 0.4) is 0 Å². The van der Waals surface area contributed by atoms with Crippen LogP contribution in [0.5, 0.6) is 0 Å². The van der Waals surface area contributed by atoms with Gasteiger partial charge in [-0.05, 0) is 17.5 Å². The number of rotatable bonds is 3. The highest BCUT2D eigenvalue weighted by atomic mass is 16.3. The van der Waals surface area contributed by atoms with E-state index >= 15 is 0 Å². The van der Waals surface area contributed by atoms with Crippen LogP contribution in [-0.2, 0) is 0 Å². The van der Waals surface area contributed by atoms with Crippen LogP contribution in [0.25, 0.3) is 11.0 Å². The van der Waals surface area contributed by atoms with Crippen molar-refractivity contribution >= 4 is 23.2 Å². The Morgan fingerprint density at radius 1 is 1.37 bits per heavy atom. The minimum Gasteiger partial charge on any atom is -0.437 e. The minimum atomic E-state index is 0.332. The van der Waals surface area contributed by atoms with Crippen molar-refractivity contribution in [2.75, 3.05) is 14.1 Å². The van der Waals surface area contributed by atoms with Gasteiger partial charge in [0, 0.05) is 19.5 Å². The Morgan fingerprint density at radius 3 is 2.68 bits per heavy atom. The SMILES string of the molecule is CC(C)c1cccc2oc(/N=C/N(C)C)c(C#N)c12. The number of nitriles is 1. The summed E-state index contributed by atoms with van der Waals surface area (Å²) in [5.41, 5.74) is 2.34. The lowest BCUT2D eigenvalue weighted by Crippen LogP contribution is -2.06. The van der Waals surface area contributed by atoms with E-state index in [-0.39, 0.29) is 0 Å². The summed E-state index contributed by atoms with van der Waals surface area (Å²) in [6, 6.07) is 8.06. The Bertz CT molecular complexity index is 660. The zero-order valence-electron chi connectivity index (χ0n) is 11.6. The van der Waals surface area contributed by atoms with Crippen molar-refractivity contribution < 1.29 is 4.42 Å². The Hall–Kier alpha value is -2.28. The third-order valence-electron chi connectivity index (χ3n) is 2.87. The normalized spacial score (nSPS) is 11.4. The molecule has 0 amide bonds. The van der Waals surface area contributed by atoms with Crippen molar-refractivity contribution in [3.05, 3.63) is 29.3 Å². The second-order valence-corrected chi connectivity index (χ2v) is 4.98. The van der Waals surface area contributed by atoms with Crippen LogP contribution in [0, 0.1) is 11.3 Å². The number of benzene rings is 1. The highest BCUT2D eigenvalue weighted by Gasteiger charge is 2.17. The predicted octanol–water partition coefficient (Wildman–Crippen LogP) is 3.65. The standard InChI is InChI=1S/C15H17N3O/c1-10(2)11-6-5-7-13-14(11)12(8-16)15(19-13)17-9-18(3)4/h5-7,9-10H,1-4H3/b17-9+. The van der Waals surface area contributed by atoms with Gasteiger partial charge in [0.2, 0.25) is 5.88 Å². The fraction of sp³-hybridized carbons (Fsp3) is 0.333. The lowest BCUT2D eigenvalue weighted by atomic mass is 9.97. The first-order valence-corrected chi connectivity index (χ1v) is 6.20. The molecule has 0 bridgehead atoms. The first-order chi connectivity index (χ1) is 9.04. The number of aliphatic imine (C=N–C) groups is 1. The summed E-state index contributed by atoms with van der Waals surface area (Å²) in [4.78, 5) is 6.03. The van der Waals surface area contributed by atoms with Crippen molar-refractivity contribution in [3.8, 4) is 6.07 Å². The van der Waals surface area contributed by atoms with Crippen molar-refractivity contribution in [2.45, 2.75) is 19.8 Å². The first-order valence-electron chi connectivity index (χ1n) is 6.20. The van der Waals surface area contributed by atoms with Crippen LogP contribution in [-0.4, -0.2) is 25.3 Å². The van der Waals surface area contributed by atoms with Crippen LogP contribution in [0.2, 0.25) is 0 Å². The predicted molar refractivity (Wildman–Crippen MR) is 76.9 cm³/mol. The second-order valence-electron chi connectivity index (χ2n) is 4.98. The number of hydrogen-bond donors (Lipinski definition) is 0. The molecule has 0 saturated carbocycles. The summed E-state index contributed by atoms with van der Waals surface area (Å²) in [7, 11) is 3.75. The molecule has 0 N–H and O–H groups in total. The van der Waals surface area contributed by atoms with Crippen LogP contribution in [0.4, 0.5) is 5.88 Å². The molecule has 1 heterocycles. The molecule has 0 atom stereocenters. The third kappa shape index (κ3) is 2.45. The highest BCUT2D eigenvalue weighted by molar-refractivity contribution is 5.92. The highest BCUT2D eigenvalue weighted by Crippen LogP contribution is 2.36. The number of hydrogen-bond acceptors (Lipinski definition) is 3. The molecule has 0 radical (unpaired) electrons. The van der Waals surface area contributed by atoms with Crippen molar-refractivity contribution in [1.82, 2.24) is 4.90 Å². The monoisotopic (exact) mass is 255 g/mol. The molecule has 1 aromatic heterocycles. The maximum absolute atomic E-state index is 9.38. The second kappa shape index (κ2) is 5.15. The average molecular weight is 255 g/mol. The topological polar surface area (TPSA) is 52.5 Å². The van der Waals surface area contributed by atoms with E-state index in [0.29, 0.717) is 22.9 Å². The molecule has 0 aliphatic carbocycles. The molecular weight excluding hydrogens is 238 g/mol. The molecule has 19 heavy (non-hydrogen) atoms. The van der Waals surface area contributed by atoms with E-state index in [9.17, 15) is 5.26 Å². The molecule has 0 aliphatic rings. The molecule has 0 saturated heterocycles. The lowest BCUT2D eigenvalue weighted by Gasteiger charge is -2.05. The molecule has 1 aromatic carbocycles. The maximum atomic E-state index is 9.38. The van der Waals surface area contributed by atoms with Crippen LogP contribution in [0.1, 0.15) is 30.9 Å². The lowest BCUT2D eigenvalue weighted by molar-refractivity contribution is 0.611. The van der Waals surface area contributed by atoms with Gasteiger partial charge in [-0.25, -0.2) is 4.99 Å². The zero-order valence-corrected chi connectivity index (χ0v) is 11.6. The molecule has 4 heteroatoms. The Morgan fingerprint density at radius 2 is 2.11 bits per heavy atom. The van der Waals surface area contributed by atoms with Gasteiger partial charge in [-0.1, -0.05) is 26.0 Å². The summed E-state index contributed by atoms with van der Waals surface area (Å²) in [5, 5.41) is 10.3. The molecule has 0 aliphatic heterocycles. The Balaban J connectivity index is 2.69. The number of furan rings is 1. The third-order valence-corrected chi connectivity index (χ3v) is 2.87. The van der Waals surface area contributed by atoms with E-state index in [2.05, 4.69) is 24.9 Å². The molecule has 0 fully saturated rings. The van der Waals surface area contributed by atoms with Crippen LogP contribution in [0.15, 0.2) is 27.6 Å². The van der Waals surface area contributed by atoms with Gasteiger partial charge in [0.05, 0.1) is 6.34 Å². The van der Waals surface area contributed by atoms with Crippen molar-refractivity contribution in [2.24, 2.45) is 4.99 Å². The zero-order chi connectivity index (χ0) is 14.0. The smallest absolute Gasteiger partial charge is 0.239 e. The molecule has 4 nitrogen and oxygen atoms in total. The summed E-state index contributed by atoms with van der Waals surface area (Å²) < 4.78 is 5.68. The van der Waals surface area contributed by atoms with Gasteiger partial charge in [-0.3, -0.25) is 0 Å². The van der Waals surface area contributed by atoms with Crippen LogP contribution >= 0.6 is 0 Å². The maximum Gasteiger partial charge on any atom is 0.239 e. The van der Waals surface area contributed by atoms with Crippen molar-refractivity contribution in [3.63, 3.8) is 0 Å². The molecule has 2 rings (SSSR count). The molecule has 0 spiro atoms. The fourth-order valence-corrected chi connectivity index (χ4v) is 2.01. The minimum absolute atomic E-state index is 0.332. The Labute approximate surface area is 113 Å². The summed E-state index contributed by atoms with van der Waals surface area (Å²) in [6.45, 7) is 4.21. The number of nitrogens with zero attached hydrogens (tertiary/aromatic N) is 3. The van der Waals surface area contributed by atoms with Gasteiger partial charge < -0.3 is 9.32 Å². The van der Waals surface area contributed by atoms with Gasteiger partial charge in [-0.2, -0.15) is 5.26 Å². The molecule has 2 aromatic rings. The molecule has 0 unspecified atom stereocenters.